The van der Waals surface area contributed by atoms with Crippen LogP contribution < -0.4 is 5.32 Å². The minimum absolute atomic E-state index is 0.281. The van der Waals surface area contributed by atoms with Gasteiger partial charge in [0.25, 0.3) is 11.7 Å². The second kappa shape index (κ2) is 4.51. The van der Waals surface area contributed by atoms with Gasteiger partial charge in [0.15, 0.2) is 0 Å². The van der Waals surface area contributed by atoms with E-state index >= 15 is 0 Å². The van der Waals surface area contributed by atoms with Crippen molar-refractivity contribution in [2.24, 2.45) is 0 Å². The monoisotopic (exact) mass is 273 g/mol. The van der Waals surface area contributed by atoms with Crippen molar-refractivity contribution in [2.45, 2.75) is 9.79 Å². The van der Waals surface area contributed by atoms with Crippen molar-refractivity contribution in [3.05, 3.63) is 53.8 Å². The number of carbonyl (C=O) groups excluding carboxylic acids is 2. The Morgan fingerprint density at radius 1 is 0.947 bits per heavy atom. The molecule has 0 aliphatic carbocycles. The highest BCUT2D eigenvalue weighted by Crippen LogP contribution is 2.33. The fourth-order valence-electron chi connectivity index (χ4n) is 1.83. The zero-order valence-corrected chi connectivity index (χ0v) is 10.5. The Kier molecular flexibility index (Phi) is 2.83. The molecule has 0 bridgehead atoms. The molecule has 0 aromatic heterocycles. The molecule has 0 spiro atoms. The Balaban J connectivity index is 1.88. The molecule has 0 fully saturated rings. The van der Waals surface area contributed by atoms with Crippen LogP contribution in [0.4, 0.5) is 10.1 Å². The molecule has 0 unspecified atom stereocenters. The van der Waals surface area contributed by atoms with Gasteiger partial charge in [0.1, 0.15) is 5.82 Å². The summed E-state index contributed by atoms with van der Waals surface area (Å²) in [5.74, 6) is -1.39. The summed E-state index contributed by atoms with van der Waals surface area (Å²) >= 11 is 1.44. The number of Topliss-reactive ketones (excluding diaryl/α,β-unsaturated/α-hetero) is 1. The van der Waals surface area contributed by atoms with Crippen LogP contribution in [-0.4, -0.2) is 11.7 Å². The van der Waals surface area contributed by atoms with E-state index in [0.717, 1.165) is 9.79 Å². The normalized spacial score (nSPS) is 13.3. The SMILES string of the molecule is O=C1Nc2cc(Sc3ccc(F)cc3)ccc2C1=O. The second-order valence-electron chi connectivity index (χ2n) is 4.05. The second-order valence-corrected chi connectivity index (χ2v) is 5.19. The van der Waals surface area contributed by atoms with E-state index in [1.165, 1.54) is 23.9 Å². The van der Waals surface area contributed by atoms with Crippen LogP contribution in [-0.2, 0) is 4.79 Å². The van der Waals surface area contributed by atoms with Crippen LogP contribution in [0.5, 0.6) is 0 Å². The average molecular weight is 273 g/mol. The van der Waals surface area contributed by atoms with Gasteiger partial charge >= 0.3 is 0 Å². The van der Waals surface area contributed by atoms with Gasteiger partial charge < -0.3 is 5.32 Å². The van der Waals surface area contributed by atoms with Crippen molar-refractivity contribution in [3.63, 3.8) is 0 Å². The Labute approximate surface area is 112 Å². The van der Waals surface area contributed by atoms with Crippen molar-refractivity contribution >= 4 is 29.1 Å². The fraction of sp³-hybridized carbons (Fsp3) is 0. The number of hydrogen-bond acceptors (Lipinski definition) is 3. The van der Waals surface area contributed by atoms with Gasteiger partial charge in [-0.2, -0.15) is 0 Å². The van der Waals surface area contributed by atoms with Crippen LogP contribution in [0.2, 0.25) is 0 Å². The van der Waals surface area contributed by atoms with Crippen LogP contribution in [0, 0.1) is 5.82 Å². The molecule has 1 aliphatic rings. The van der Waals surface area contributed by atoms with Crippen molar-refractivity contribution < 1.29 is 14.0 Å². The predicted molar refractivity (Wildman–Crippen MR) is 69.9 cm³/mol. The number of halogens is 1. The Hall–Kier alpha value is -2.14. The van der Waals surface area contributed by atoms with Crippen LogP contribution in [0.1, 0.15) is 10.4 Å². The molecule has 5 heteroatoms. The first-order valence-corrected chi connectivity index (χ1v) is 6.38. The Bertz CT molecular complexity index is 682. The molecule has 1 heterocycles. The fourth-order valence-corrected chi connectivity index (χ4v) is 2.69. The van der Waals surface area contributed by atoms with Crippen molar-refractivity contribution in [1.82, 2.24) is 0 Å². The van der Waals surface area contributed by atoms with Crippen LogP contribution in [0.3, 0.4) is 0 Å². The minimum atomic E-state index is -0.598. The molecule has 2 aromatic rings. The van der Waals surface area contributed by atoms with E-state index in [2.05, 4.69) is 5.32 Å². The molecule has 1 N–H and O–H groups in total. The molecule has 0 radical (unpaired) electrons. The van der Waals surface area contributed by atoms with Crippen LogP contribution in [0.25, 0.3) is 0 Å². The Morgan fingerprint density at radius 2 is 1.63 bits per heavy atom. The van der Waals surface area contributed by atoms with Gasteiger partial charge in [-0.1, -0.05) is 11.8 Å². The number of amides is 1. The highest BCUT2D eigenvalue weighted by atomic mass is 32.2. The predicted octanol–water partition coefficient (Wildman–Crippen LogP) is 3.11. The highest BCUT2D eigenvalue weighted by Gasteiger charge is 2.27. The van der Waals surface area contributed by atoms with Crippen LogP contribution in [0.15, 0.2) is 52.3 Å². The van der Waals surface area contributed by atoms with Crippen molar-refractivity contribution in [2.75, 3.05) is 5.32 Å². The third-order valence-corrected chi connectivity index (χ3v) is 3.74. The van der Waals surface area contributed by atoms with Gasteiger partial charge in [-0.05, 0) is 42.5 Å². The van der Waals surface area contributed by atoms with Crippen molar-refractivity contribution in [3.8, 4) is 0 Å². The van der Waals surface area contributed by atoms with E-state index in [1.54, 1.807) is 30.3 Å². The number of rotatable bonds is 2. The lowest BCUT2D eigenvalue weighted by atomic mass is 10.1. The lowest BCUT2D eigenvalue weighted by Crippen LogP contribution is -2.12. The van der Waals surface area contributed by atoms with Gasteiger partial charge in [0, 0.05) is 9.79 Å². The van der Waals surface area contributed by atoms with E-state index < -0.39 is 11.7 Å². The zero-order chi connectivity index (χ0) is 13.4. The zero-order valence-electron chi connectivity index (χ0n) is 9.64. The molecule has 94 valence electrons. The van der Waals surface area contributed by atoms with Crippen molar-refractivity contribution in [1.29, 1.82) is 0 Å². The number of nitrogens with one attached hydrogen (secondary N) is 1. The molecular formula is C14H8FNO2S. The van der Waals surface area contributed by atoms with E-state index in [9.17, 15) is 14.0 Å². The lowest BCUT2D eigenvalue weighted by Gasteiger charge is -2.03. The molecule has 19 heavy (non-hydrogen) atoms. The maximum absolute atomic E-state index is 12.8. The molecule has 3 nitrogen and oxygen atoms in total. The molecule has 0 saturated heterocycles. The molecule has 0 atom stereocenters. The van der Waals surface area contributed by atoms with Crippen LogP contribution >= 0.6 is 11.8 Å². The van der Waals surface area contributed by atoms with Gasteiger partial charge in [0.2, 0.25) is 0 Å². The number of carbonyl (C=O) groups is 2. The Morgan fingerprint density at radius 3 is 2.37 bits per heavy atom. The lowest BCUT2D eigenvalue weighted by molar-refractivity contribution is -0.112. The quantitative estimate of drug-likeness (QED) is 0.855. The summed E-state index contributed by atoms with van der Waals surface area (Å²) < 4.78 is 12.8. The first-order chi connectivity index (χ1) is 9.13. The standard InChI is InChI=1S/C14H8FNO2S/c15-8-1-3-9(4-2-8)19-10-5-6-11-12(7-10)16-14(18)13(11)17/h1-7H,(H,16,17,18). The molecule has 2 aromatic carbocycles. The summed E-state index contributed by atoms with van der Waals surface area (Å²) in [5.41, 5.74) is 0.926. The summed E-state index contributed by atoms with van der Waals surface area (Å²) in [7, 11) is 0. The maximum atomic E-state index is 12.8. The molecular weight excluding hydrogens is 265 g/mol. The summed E-state index contributed by atoms with van der Waals surface area (Å²) in [5, 5.41) is 2.52. The first kappa shape index (κ1) is 11.9. The number of fused-ring (bicyclic) bond motifs is 1. The number of anilines is 1. The topological polar surface area (TPSA) is 46.2 Å². The third kappa shape index (κ3) is 2.24. The molecule has 3 rings (SSSR count). The average Bonchev–Trinajstić information content (AvgIpc) is 2.68. The maximum Gasteiger partial charge on any atom is 0.296 e. The minimum Gasteiger partial charge on any atom is -0.318 e. The highest BCUT2D eigenvalue weighted by molar-refractivity contribution is 7.99. The summed E-state index contributed by atoms with van der Waals surface area (Å²) in [6.07, 6.45) is 0. The smallest absolute Gasteiger partial charge is 0.296 e. The first-order valence-electron chi connectivity index (χ1n) is 5.56. The largest absolute Gasteiger partial charge is 0.318 e. The number of ketones is 1. The van der Waals surface area contributed by atoms with Gasteiger partial charge in [-0.15, -0.1) is 0 Å². The van der Waals surface area contributed by atoms with Gasteiger partial charge in [-0.3, -0.25) is 9.59 Å². The summed E-state index contributed by atoms with van der Waals surface area (Å²) in [6, 6.07) is 11.3. The third-order valence-electron chi connectivity index (χ3n) is 2.74. The van der Waals surface area contributed by atoms with Gasteiger partial charge in [0.05, 0.1) is 11.3 Å². The number of hydrogen-bond donors (Lipinski definition) is 1. The summed E-state index contributed by atoms with van der Waals surface area (Å²) in [4.78, 5) is 24.4. The van der Waals surface area contributed by atoms with Gasteiger partial charge in [-0.25, -0.2) is 4.39 Å². The number of benzene rings is 2. The molecule has 1 aliphatic heterocycles. The van der Waals surface area contributed by atoms with E-state index in [0.29, 0.717) is 11.3 Å². The summed E-state index contributed by atoms with van der Waals surface area (Å²) in [6.45, 7) is 0. The van der Waals surface area contributed by atoms with E-state index in [-0.39, 0.29) is 5.82 Å². The molecule has 1 amide bonds. The molecule has 0 saturated carbocycles. The van der Waals surface area contributed by atoms with E-state index in [1.807, 2.05) is 0 Å². The van der Waals surface area contributed by atoms with E-state index in [4.69, 9.17) is 0 Å².